The van der Waals surface area contributed by atoms with Crippen LogP contribution in [0.4, 0.5) is 8.78 Å². The van der Waals surface area contributed by atoms with Gasteiger partial charge in [0.25, 0.3) is 5.91 Å². The van der Waals surface area contributed by atoms with Crippen molar-refractivity contribution in [3.05, 3.63) is 87.4 Å². The van der Waals surface area contributed by atoms with Crippen LogP contribution in [0.5, 0.6) is 5.75 Å². The second-order valence-corrected chi connectivity index (χ2v) is 11.3. The summed E-state index contributed by atoms with van der Waals surface area (Å²) in [6, 6.07) is 14.8. The van der Waals surface area contributed by atoms with E-state index >= 15 is 4.39 Å². The number of rotatable bonds is 7. The topological polar surface area (TPSA) is 70.6 Å². The minimum Gasteiger partial charge on any atom is -0.488 e. The van der Waals surface area contributed by atoms with E-state index < -0.39 is 17.5 Å². The summed E-state index contributed by atoms with van der Waals surface area (Å²) < 4.78 is 35.9. The Bertz CT molecular complexity index is 1340. The van der Waals surface area contributed by atoms with Crippen LogP contribution in [0.3, 0.4) is 0 Å². The fraction of sp³-hybridized carbons (Fsp3) is 0.424. The number of hydrogen-bond donors (Lipinski definition) is 3. The number of ether oxygens (including phenoxy) is 1. The van der Waals surface area contributed by atoms with Crippen molar-refractivity contribution in [2.45, 2.75) is 57.4 Å². The van der Waals surface area contributed by atoms with Gasteiger partial charge in [-0.1, -0.05) is 48.9 Å². The van der Waals surface area contributed by atoms with E-state index in [1.165, 1.54) is 50.9 Å². The Hall–Kier alpha value is -3.00. The molecular weight excluding hydrogens is 546 g/mol. The van der Waals surface area contributed by atoms with Gasteiger partial charge in [-0.15, -0.1) is 0 Å². The lowest BCUT2D eigenvalue weighted by Gasteiger charge is -2.25. The number of aliphatic hydroxyl groups is 1. The minimum absolute atomic E-state index is 0.0270. The van der Waals surface area contributed by atoms with Crippen LogP contribution in [0.15, 0.2) is 48.5 Å². The molecule has 5 nitrogen and oxygen atoms in total. The van der Waals surface area contributed by atoms with Gasteiger partial charge in [-0.3, -0.25) is 4.79 Å². The minimum atomic E-state index is -0.822. The van der Waals surface area contributed by atoms with Gasteiger partial charge in [-0.2, -0.15) is 0 Å². The van der Waals surface area contributed by atoms with E-state index in [-0.39, 0.29) is 46.6 Å². The number of halogens is 3. The molecule has 0 aromatic heterocycles. The van der Waals surface area contributed by atoms with Crippen LogP contribution in [-0.4, -0.2) is 44.4 Å². The van der Waals surface area contributed by atoms with Crippen molar-refractivity contribution in [1.82, 2.24) is 10.6 Å². The van der Waals surface area contributed by atoms with E-state index in [1.54, 1.807) is 0 Å². The molecule has 3 aromatic rings. The molecule has 0 spiro atoms. The third-order valence-corrected chi connectivity index (χ3v) is 8.58. The maximum absolute atomic E-state index is 15.7. The molecule has 3 aromatic carbocycles. The van der Waals surface area contributed by atoms with Crippen LogP contribution in [0.2, 0.25) is 5.02 Å². The number of hydrogen-bond acceptors (Lipinski definition) is 4. The fourth-order valence-electron chi connectivity index (χ4n) is 5.88. The van der Waals surface area contributed by atoms with Crippen LogP contribution >= 0.6 is 11.6 Å². The number of nitrogens with one attached hydrogen (secondary N) is 2. The number of amides is 1. The van der Waals surface area contributed by atoms with Crippen molar-refractivity contribution >= 4 is 17.5 Å². The van der Waals surface area contributed by atoms with Gasteiger partial charge in [0, 0.05) is 24.2 Å². The number of aliphatic hydroxyl groups excluding tert-OH is 1. The summed E-state index contributed by atoms with van der Waals surface area (Å²) in [5.74, 6) is -1.10. The number of benzene rings is 3. The molecule has 5 rings (SSSR count). The fourth-order valence-corrected chi connectivity index (χ4v) is 6.14. The highest BCUT2D eigenvalue weighted by Gasteiger charge is 2.32. The van der Waals surface area contributed by atoms with Gasteiger partial charge < -0.3 is 20.5 Å². The van der Waals surface area contributed by atoms with Crippen LogP contribution < -0.4 is 15.4 Å². The summed E-state index contributed by atoms with van der Waals surface area (Å²) in [7, 11) is 3.50. The van der Waals surface area contributed by atoms with Crippen LogP contribution in [0, 0.1) is 17.6 Å². The van der Waals surface area contributed by atoms with Crippen molar-refractivity contribution in [2.24, 2.45) is 5.92 Å². The highest BCUT2D eigenvalue weighted by molar-refractivity contribution is 6.34. The molecule has 1 saturated carbocycles. The van der Waals surface area contributed by atoms with E-state index in [9.17, 15) is 9.18 Å². The van der Waals surface area contributed by atoms with Gasteiger partial charge in [-0.05, 0) is 92.3 Å². The lowest BCUT2D eigenvalue weighted by Crippen LogP contribution is -2.29. The first-order valence-corrected chi connectivity index (χ1v) is 14.7. The molecule has 0 aliphatic heterocycles. The second kappa shape index (κ2) is 14.3. The molecule has 0 saturated heterocycles. The predicted octanol–water partition coefficient (Wildman–Crippen LogP) is 6.68. The van der Waals surface area contributed by atoms with E-state index in [4.69, 9.17) is 21.4 Å². The van der Waals surface area contributed by atoms with Crippen LogP contribution in [0.25, 0.3) is 11.1 Å². The molecule has 1 fully saturated rings. The largest absolute Gasteiger partial charge is 0.488 e. The molecule has 3 N–H and O–H groups in total. The second-order valence-electron chi connectivity index (χ2n) is 10.9. The van der Waals surface area contributed by atoms with Gasteiger partial charge in [0.05, 0.1) is 17.2 Å². The van der Waals surface area contributed by atoms with Crippen molar-refractivity contribution in [3.8, 4) is 16.9 Å². The third kappa shape index (κ3) is 7.08. The normalized spacial score (nSPS) is 19.6. The Morgan fingerprint density at radius 2 is 1.73 bits per heavy atom. The van der Waals surface area contributed by atoms with Crippen LogP contribution in [-0.2, 0) is 12.8 Å². The van der Waals surface area contributed by atoms with E-state index in [0.717, 1.165) is 23.1 Å². The van der Waals surface area contributed by atoms with Crippen molar-refractivity contribution in [1.29, 1.82) is 0 Å². The molecule has 2 aliphatic carbocycles. The molecule has 0 bridgehead atoms. The monoisotopic (exact) mass is 584 g/mol. The Kier molecular flexibility index (Phi) is 10.8. The summed E-state index contributed by atoms with van der Waals surface area (Å²) >= 11 is 6.40. The van der Waals surface area contributed by atoms with Gasteiger partial charge in [-0.25, -0.2) is 8.78 Å². The highest BCUT2D eigenvalue weighted by Crippen LogP contribution is 2.46. The Labute approximate surface area is 246 Å². The van der Waals surface area contributed by atoms with E-state index in [2.05, 4.69) is 24.6 Å². The maximum atomic E-state index is 15.7. The molecule has 41 heavy (non-hydrogen) atoms. The van der Waals surface area contributed by atoms with Gasteiger partial charge in [0.1, 0.15) is 12.4 Å². The first-order chi connectivity index (χ1) is 19.8. The smallest absolute Gasteiger partial charge is 0.251 e. The number of carbonyl (C=O) groups is 1. The maximum Gasteiger partial charge on any atom is 0.251 e. The summed E-state index contributed by atoms with van der Waals surface area (Å²) in [5, 5.41) is 14.6. The van der Waals surface area contributed by atoms with Crippen molar-refractivity contribution in [2.75, 3.05) is 27.3 Å². The zero-order chi connectivity index (χ0) is 29.5. The highest BCUT2D eigenvalue weighted by atomic mass is 35.5. The molecule has 8 heteroatoms. The zero-order valence-corrected chi connectivity index (χ0v) is 24.7. The van der Waals surface area contributed by atoms with Crippen molar-refractivity contribution < 1.29 is 23.4 Å². The molecular formula is C33H39ClF2N2O3. The zero-order valence-electron chi connectivity index (χ0n) is 23.9. The van der Waals surface area contributed by atoms with Gasteiger partial charge >= 0.3 is 0 Å². The van der Waals surface area contributed by atoms with Gasteiger partial charge in [0.15, 0.2) is 11.6 Å². The Morgan fingerprint density at radius 1 is 1.02 bits per heavy atom. The van der Waals surface area contributed by atoms with Gasteiger partial charge in [0.2, 0.25) is 0 Å². The number of fused-ring (bicyclic) bond motifs is 1. The molecule has 1 atom stereocenters. The van der Waals surface area contributed by atoms with E-state index in [1.807, 2.05) is 30.3 Å². The molecule has 1 unspecified atom stereocenters. The molecule has 1 amide bonds. The lowest BCUT2D eigenvalue weighted by atomic mass is 9.87. The molecule has 0 heterocycles. The first-order valence-electron chi connectivity index (χ1n) is 14.3. The molecule has 2 aliphatic rings. The molecule has 0 radical (unpaired) electrons. The third-order valence-electron chi connectivity index (χ3n) is 8.21. The lowest BCUT2D eigenvalue weighted by molar-refractivity contribution is 0.0963. The SMILES string of the molecule is CNC(=O)c1ccc(OCCO)c(F)c1-c1c(Cl)c(F)cc2c1CC(c1ccccc1)C2.CNC1CCC(C)CC1. The predicted molar refractivity (Wildman–Crippen MR) is 160 cm³/mol. The van der Waals surface area contributed by atoms with E-state index in [0.29, 0.717) is 18.4 Å². The average Bonchev–Trinajstić information content (AvgIpc) is 3.42. The van der Waals surface area contributed by atoms with Crippen LogP contribution in [0.1, 0.15) is 65.6 Å². The van der Waals surface area contributed by atoms with Crippen molar-refractivity contribution in [3.63, 3.8) is 0 Å². The standard InChI is InChI=1S/C25H22ClF2NO3.C8H17N/c1-29-25(31)17-7-8-20(32-10-9-30)24(28)22(17)21-18-12-15(14-5-3-2-4-6-14)11-16(18)13-19(27)23(21)26;1-7-3-5-8(9-2)6-4-7/h2-8,13,15,30H,9-12H2,1H3,(H,29,31);7-9H,3-6H2,1-2H3. The summed E-state index contributed by atoms with van der Waals surface area (Å²) in [6.45, 7) is 1.92. The Balaban J connectivity index is 0.000000367. The summed E-state index contributed by atoms with van der Waals surface area (Å²) in [6.07, 6.45) is 6.73. The average molecular weight is 585 g/mol. The quantitative estimate of drug-likeness (QED) is 0.290. The Morgan fingerprint density at radius 3 is 2.37 bits per heavy atom. The number of carbonyl (C=O) groups excluding carboxylic acids is 1. The molecule has 220 valence electrons. The summed E-state index contributed by atoms with van der Waals surface area (Å²) in [4.78, 5) is 12.6. The first kappa shape index (κ1) is 30.9. The summed E-state index contributed by atoms with van der Waals surface area (Å²) in [5.41, 5.74) is 2.64.